The van der Waals surface area contributed by atoms with Gasteiger partial charge in [0.05, 0.1) is 12.6 Å². The first-order valence-electron chi connectivity index (χ1n) is 5.33. The first-order valence-corrected chi connectivity index (χ1v) is 6.21. The van der Waals surface area contributed by atoms with Gasteiger partial charge in [0.1, 0.15) is 5.54 Å². The van der Waals surface area contributed by atoms with Crippen LogP contribution < -0.4 is 11.1 Å². The molecule has 1 aromatic heterocycles. The van der Waals surface area contributed by atoms with Gasteiger partial charge >= 0.3 is 0 Å². The Morgan fingerprint density at radius 2 is 2.56 bits per heavy atom. The molecule has 2 atom stereocenters. The first kappa shape index (κ1) is 11.6. The Labute approximate surface area is 98.8 Å². The van der Waals surface area contributed by atoms with E-state index in [1.54, 1.807) is 11.3 Å². The molecule has 0 radical (unpaired) electrons. The molecule has 1 fully saturated rings. The van der Waals surface area contributed by atoms with Crippen molar-refractivity contribution in [2.24, 2.45) is 5.73 Å². The van der Waals surface area contributed by atoms with Gasteiger partial charge in [-0.15, -0.1) is 11.3 Å². The Balaban J connectivity index is 1.97. The van der Waals surface area contributed by atoms with E-state index in [0.29, 0.717) is 19.6 Å². The van der Waals surface area contributed by atoms with Gasteiger partial charge < -0.3 is 15.8 Å². The van der Waals surface area contributed by atoms with Crippen LogP contribution in [0.5, 0.6) is 0 Å². The van der Waals surface area contributed by atoms with Crippen LogP contribution in [0, 0.1) is 0 Å². The van der Waals surface area contributed by atoms with Crippen molar-refractivity contribution < 1.29 is 9.53 Å². The minimum atomic E-state index is -0.842. The summed E-state index contributed by atoms with van der Waals surface area (Å²) in [5.41, 5.74) is 5.13. The lowest BCUT2D eigenvalue weighted by Gasteiger charge is -2.23. The highest BCUT2D eigenvalue weighted by molar-refractivity contribution is 7.10. The van der Waals surface area contributed by atoms with E-state index in [-0.39, 0.29) is 11.9 Å². The van der Waals surface area contributed by atoms with Gasteiger partial charge in [-0.3, -0.25) is 4.79 Å². The molecule has 0 aromatic carbocycles. The van der Waals surface area contributed by atoms with Crippen LogP contribution in [0.4, 0.5) is 0 Å². The largest absolute Gasteiger partial charge is 0.379 e. The Morgan fingerprint density at radius 3 is 3.12 bits per heavy atom. The average Bonchev–Trinajstić information content (AvgIpc) is 2.88. The molecular formula is C11H16N2O2S. The van der Waals surface area contributed by atoms with Gasteiger partial charge in [0, 0.05) is 11.5 Å². The second-order valence-corrected chi connectivity index (χ2v) is 5.15. The number of hydrogen-bond acceptors (Lipinski definition) is 4. The molecule has 3 N–H and O–H groups in total. The summed E-state index contributed by atoms with van der Waals surface area (Å²) in [6.45, 7) is 2.84. The van der Waals surface area contributed by atoms with E-state index in [1.807, 2.05) is 24.4 Å². The summed E-state index contributed by atoms with van der Waals surface area (Å²) in [4.78, 5) is 13.1. The number of carbonyl (C=O) groups is 1. The molecule has 0 spiro atoms. The predicted octanol–water partition coefficient (Wildman–Crippen LogP) is 1.04. The maximum absolute atomic E-state index is 12.0. The third kappa shape index (κ3) is 2.26. The number of rotatable bonds is 3. The van der Waals surface area contributed by atoms with E-state index >= 15 is 0 Å². The van der Waals surface area contributed by atoms with Gasteiger partial charge in [0.25, 0.3) is 0 Å². The normalized spacial score (nSPS) is 26.6. The van der Waals surface area contributed by atoms with Crippen LogP contribution in [0.25, 0.3) is 0 Å². The molecule has 5 heteroatoms. The molecule has 2 heterocycles. The fraction of sp³-hybridized carbons (Fsp3) is 0.545. The summed E-state index contributed by atoms with van der Waals surface area (Å²) in [6, 6.07) is 3.98. The van der Waals surface area contributed by atoms with Crippen LogP contribution in [0.2, 0.25) is 0 Å². The lowest BCUT2D eigenvalue weighted by Crippen LogP contribution is -2.54. The van der Waals surface area contributed by atoms with Gasteiger partial charge in [0.15, 0.2) is 0 Å². The Bertz CT molecular complexity index is 358. The molecule has 4 nitrogen and oxygen atoms in total. The number of carbonyl (C=O) groups excluding carboxylic acids is 1. The van der Waals surface area contributed by atoms with Crippen LogP contribution in [-0.2, 0) is 9.53 Å². The molecular weight excluding hydrogens is 224 g/mol. The molecule has 0 saturated carbocycles. The van der Waals surface area contributed by atoms with Crippen LogP contribution in [0.15, 0.2) is 17.5 Å². The highest BCUT2D eigenvalue weighted by atomic mass is 32.1. The summed E-state index contributed by atoms with van der Waals surface area (Å²) < 4.78 is 5.17. The maximum atomic E-state index is 12.0. The van der Waals surface area contributed by atoms with Crippen molar-refractivity contribution in [3.63, 3.8) is 0 Å². The second-order valence-electron chi connectivity index (χ2n) is 4.17. The zero-order chi connectivity index (χ0) is 11.6. The van der Waals surface area contributed by atoms with Gasteiger partial charge in [-0.2, -0.15) is 0 Å². The number of hydrogen-bond donors (Lipinski definition) is 2. The topological polar surface area (TPSA) is 64.4 Å². The monoisotopic (exact) mass is 240 g/mol. The van der Waals surface area contributed by atoms with Crippen LogP contribution in [0.1, 0.15) is 24.3 Å². The van der Waals surface area contributed by atoms with E-state index in [4.69, 9.17) is 10.5 Å². The van der Waals surface area contributed by atoms with Crippen molar-refractivity contribution in [3.05, 3.63) is 22.4 Å². The zero-order valence-corrected chi connectivity index (χ0v) is 10.0. The molecule has 16 heavy (non-hydrogen) atoms. The van der Waals surface area contributed by atoms with Crippen LogP contribution >= 0.6 is 11.3 Å². The van der Waals surface area contributed by atoms with E-state index in [2.05, 4.69) is 5.32 Å². The van der Waals surface area contributed by atoms with Gasteiger partial charge in [-0.25, -0.2) is 0 Å². The minimum Gasteiger partial charge on any atom is -0.379 e. The van der Waals surface area contributed by atoms with Crippen molar-refractivity contribution in [1.82, 2.24) is 5.32 Å². The Morgan fingerprint density at radius 1 is 1.75 bits per heavy atom. The number of nitrogens with one attached hydrogen (secondary N) is 1. The van der Waals surface area contributed by atoms with Crippen molar-refractivity contribution in [1.29, 1.82) is 0 Å². The van der Waals surface area contributed by atoms with Crippen molar-refractivity contribution in [3.8, 4) is 0 Å². The standard InChI is InChI=1S/C11H16N2O2S/c1-8(9-3-2-6-16-9)13-10(14)11(12)4-5-15-7-11/h2-3,6,8H,4-5,7,12H2,1H3,(H,13,14)/t8-,11?/m0/s1. The molecule has 1 unspecified atom stereocenters. The molecule has 1 aliphatic rings. The Hall–Kier alpha value is -0.910. The summed E-state index contributed by atoms with van der Waals surface area (Å²) in [5, 5.41) is 4.93. The van der Waals surface area contributed by atoms with Crippen molar-refractivity contribution >= 4 is 17.2 Å². The van der Waals surface area contributed by atoms with Crippen molar-refractivity contribution in [2.75, 3.05) is 13.2 Å². The van der Waals surface area contributed by atoms with E-state index in [9.17, 15) is 4.79 Å². The smallest absolute Gasteiger partial charge is 0.243 e. The lowest BCUT2D eigenvalue weighted by atomic mass is 9.99. The quantitative estimate of drug-likeness (QED) is 0.830. The maximum Gasteiger partial charge on any atom is 0.243 e. The van der Waals surface area contributed by atoms with E-state index < -0.39 is 5.54 Å². The number of ether oxygens (including phenoxy) is 1. The van der Waals surface area contributed by atoms with E-state index in [1.165, 1.54) is 0 Å². The fourth-order valence-electron chi connectivity index (χ4n) is 1.71. The van der Waals surface area contributed by atoms with Gasteiger partial charge in [-0.05, 0) is 24.8 Å². The van der Waals surface area contributed by atoms with Crippen molar-refractivity contribution in [2.45, 2.75) is 24.9 Å². The van der Waals surface area contributed by atoms with Gasteiger partial charge in [0.2, 0.25) is 5.91 Å². The molecule has 1 aliphatic heterocycles. The number of amides is 1. The predicted molar refractivity (Wildman–Crippen MR) is 63.2 cm³/mol. The zero-order valence-electron chi connectivity index (χ0n) is 9.23. The number of thiophene rings is 1. The highest BCUT2D eigenvalue weighted by Crippen LogP contribution is 2.21. The Kier molecular flexibility index (Phi) is 3.28. The first-order chi connectivity index (χ1) is 7.62. The SMILES string of the molecule is C[C@H](NC(=O)C1(N)CCOC1)c1cccs1. The van der Waals surface area contributed by atoms with Crippen LogP contribution in [-0.4, -0.2) is 24.7 Å². The molecule has 1 saturated heterocycles. The molecule has 1 amide bonds. The third-order valence-corrected chi connectivity index (χ3v) is 3.88. The summed E-state index contributed by atoms with van der Waals surface area (Å²) in [6.07, 6.45) is 0.593. The molecule has 88 valence electrons. The lowest BCUT2D eigenvalue weighted by molar-refractivity contribution is -0.127. The summed E-state index contributed by atoms with van der Waals surface area (Å²) in [7, 11) is 0. The second kappa shape index (κ2) is 4.53. The molecule has 1 aromatic rings. The molecule has 2 rings (SSSR count). The summed E-state index contributed by atoms with van der Waals surface area (Å²) >= 11 is 1.63. The highest BCUT2D eigenvalue weighted by Gasteiger charge is 2.38. The molecule has 0 bridgehead atoms. The average molecular weight is 240 g/mol. The minimum absolute atomic E-state index is 0.00789. The molecule has 0 aliphatic carbocycles. The summed E-state index contributed by atoms with van der Waals surface area (Å²) in [5.74, 6) is -0.120. The number of nitrogens with two attached hydrogens (primary N) is 1. The third-order valence-electron chi connectivity index (χ3n) is 2.82. The van der Waals surface area contributed by atoms with E-state index in [0.717, 1.165) is 4.88 Å². The fourth-order valence-corrected chi connectivity index (χ4v) is 2.44. The van der Waals surface area contributed by atoms with Crippen LogP contribution in [0.3, 0.4) is 0 Å². The van der Waals surface area contributed by atoms with Gasteiger partial charge in [-0.1, -0.05) is 6.07 Å².